The topological polar surface area (TPSA) is 6.48 Å². The van der Waals surface area contributed by atoms with Crippen LogP contribution in [0.5, 0.6) is 0 Å². The van der Waals surface area contributed by atoms with Crippen LogP contribution in [-0.4, -0.2) is 49.1 Å². The molecule has 2 nitrogen and oxygen atoms in total. The molecule has 2 aliphatic rings. The lowest BCUT2D eigenvalue weighted by Crippen LogP contribution is -2.34. The molecule has 0 amide bonds. The van der Waals surface area contributed by atoms with E-state index in [-0.39, 0.29) is 11.7 Å². The molecule has 0 saturated carbocycles. The van der Waals surface area contributed by atoms with E-state index in [4.69, 9.17) is 0 Å². The van der Waals surface area contributed by atoms with Crippen molar-refractivity contribution in [1.29, 1.82) is 0 Å². The number of likely N-dealkylation sites (N-methyl/N-ethyl adjacent to an activating group) is 1. The maximum absolute atomic E-state index is 12.6. The zero-order chi connectivity index (χ0) is 13.5. The van der Waals surface area contributed by atoms with Crippen LogP contribution in [0, 0.1) is 0 Å². The zero-order valence-corrected chi connectivity index (χ0v) is 11.6. The average Bonchev–Trinajstić information content (AvgIpc) is 2.34. The third kappa shape index (κ3) is 5.74. The Hall–Kier alpha value is -0.740. The monoisotopic (exact) mass is 258 g/mol. The molecule has 0 saturated heterocycles. The van der Waals surface area contributed by atoms with Gasteiger partial charge in [0.2, 0.25) is 0 Å². The summed E-state index contributed by atoms with van der Waals surface area (Å²) in [5.74, 6) is 0.0723. The Labute approximate surface area is 109 Å². The maximum atomic E-state index is 12.6. The number of halogens is 2. The molecular weight excluding hydrogens is 234 g/mol. The van der Waals surface area contributed by atoms with Gasteiger partial charge >= 0.3 is 0 Å². The van der Waals surface area contributed by atoms with Gasteiger partial charge in [-0.15, -0.1) is 0 Å². The van der Waals surface area contributed by atoms with Gasteiger partial charge in [0.15, 0.2) is 0 Å². The van der Waals surface area contributed by atoms with E-state index in [2.05, 4.69) is 23.6 Å². The normalized spacial score (nSPS) is 22.1. The molecule has 0 aromatic carbocycles. The third-order valence-corrected chi connectivity index (χ3v) is 3.22. The van der Waals surface area contributed by atoms with Crippen molar-refractivity contribution < 1.29 is 8.78 Å². The van der Waals surface area contributed by atoms with Crippen LogP contribution in [0.4, 0.5) is 8.78 Å². The third-order valence-electron chi connectivity index (χ3n) is 3.22. The van der Waals surface area contributed by atoms with E-state index in [9.17, 15) is 8.78 Å². The second kappa shape index (κ2) is 7.64. The number of rotatable bonds is 1. The van der Waals surface area contributed by atoms with Gasteiger partial charge in [0.25, 0.3) is 0 Å². The molecule has 0 atom stereocenters. The van der Waals surface area contributed by atoms with Crippen LogP contribution in [0.2, 0.25) is 0 Å². The van der Waals surface area contributed by atoms with Gasteiger partial charge in [0.05, 0.1) is 12.4 Å². The Bertz CT molecular complexity index is 311. The summed E-state index contributed by atoms with van der Waals surface area (Å²) in [5, 5.41) is 0. The summed E-state index contributed by atoms with van der Waals surface area (Å²) in [4.78, 5) is 4.22. The van der Waals surface area contributed by atoms with Gasteiger partial charge in [-0.05, 0) is 33.4 Å². The van der Waals surface area contributed by atoms with Crippen molar-refractivity contribution in [3.8, 4) is 0 Å². The molecule has 0 aromatic heterocycles. The highest BCUT2D eigenvalue weighted by atomic mass is 19.1. The van der Waals surface area contributed by atoms with Crippen LogP contribution >= 0.6 is 0 Å². The second-order valence-electron chi connectivity index (χ2n) is 5.17. The number of nitrogens with zero attached hydrogens (tertiary/aromatic N) is 2. The molecule has 104 valence electrons. The SMILES string of the molecule is CC(C)N1CCC=C(F)C1.CN1CC=C(F)CC1. The van der Waals surface area contributed by atoms with E-state index in [0.29, 0.717) is 19.0 Å². The summed E-state index contributed by atoms with van der Waals surface area (Å²) in [6.07, 6.45) is 4.77. The fourth-order valence-electron chi connectivity index (χ4n) is 1.91. The highest BCUT2D eigenvalue weighted by Gasteiger charge is 2.14. The van der Waals surface area contributed by atoms with E-state index >= 15 is 0 Å². The summed E-state index contributed by atoms with van der Waals surface area (Å²) in [6.45, 7) is 7.34. The van der Waals surface area contributed by atoms with Gasteiger partial charge < -0.3 is 4.90 Å². The largest absolute Gasteiger partial charge is 0.302 e. The summed E-state index contributed by atoms with van der Waals surface area (Å²) < 4.78 is 24.8. The number of hydrogen-bond acceptors (Lipinski definition) is 2. The van der Waals surface area contributed by atoms with E-state index < -0.39 is 0 Å². The Balaban J connectivity index is 0.000000184. The minimum atomic E-state index is 0.0277. The van der Waals surface area contributed by atoms with Crippen LogP contribution in [0.15, 0.2) is 23.8 Å². The molecule has 0 aliphatic carbocycles. The quantitative estimate of drug-likeness (QED) is 0.713. The van der Waals surface area contributed by atoms with Crippen LogP contribution < -0.4 is 0 Å². The van der Waals surface area contributed by atoms with Crippen molar-refractivity contribution in [2.75, 3.05) is 33.2 Å². The molecule has 0 N–H and O–H groups in total. The summed E-state index contributed by atoms with van der Waals surface area (Å²) >= 11 is 0. The van der Waals surface area contributed by atoms with E-state index in [1.807, 2.05) is 7.05 Å². The first kappa shape index (κ1) is 15.3. The van der Waals surface area contributed by atoms with E-state index in [1.165, 1.54) is 0 Å². The van der Waals surface area contributed by atoms with Gasteiger partial charge in [-0.3, -0.25) is 4.90 Å². The highest BCUT2D eigenvalue weighted by Crippen LogP contribution is 2.12. The second-order valence-corrected chi connectivity index (χ2v) is 5.17. The molecule has 2 heterocycles. The summed E-state index contributed by atoms with van der Waals surface area (Å²) in [5.41, 5.74) is 0. The molecule has 4 heteroatoms. The Morgan fingerprint density at radius 3 is 2.22 bits per heavy atom. The fraction of sp³-hybridized carbons (Fsp3) is 0.714. The van der Waals surface area contributed by atoms with Crippen molar-refractivity contribution in [2.45, 2.75) is 32.7 Å². The minimum Gasteiger partial charge on any atom is -0.302 e. The van der Waals surface area contributed by atoms with Crippen LogP contribution in [0.1, 0.15) is 26.7 Å². The van der Waals surface area contributed by atoms with Gasteiger partial charge in [-0.2, -0.15) is 0 Å². The van der Waals surface area contributed by atoms with Crippen LogP contribution in [0.3, 0.4) is 0 Å². The first-order chi connectivity index (χ1) is 8.49. The van der Waals surface area contributed by atoms with Crippen molar-refractivity contribution >= 4 is 0 Å². The van der Waals surface area contributed by atoms with Crippen molar-refractivity contribution in [3.63, 3.8) is 0 Å². The van der Waals surface area contributed by atoms with Gasteiger partial charge in [0, 0.05) is 32.1 Å². The van der Waals surface area contributed by atoms with Crippen molar-refractivity contribution in [3.05, 3.63) is 23.8 Å². The van der Waals surface area contributed by atoms with Crippen molar-refractivity contribution in [1.82, 2.24) is 9.80 Å². The minimum absolute atomic E-state index is 0.0277. The molecule has 0 unspecified atom stereocenters. The first-order valence-electron chi connectivity index (χ1n) is 6.60. The Morgan fingerprint density at radius 1 is 1.11 bits per heavy atom. The smallest absolute Gasteiger partial charge is 0.110 e. The van der Waals surface area contributed by atoms with E-state index in [1.54, 1.807) is 12.2 Å². The Kier molecular flexibility index (Phi) is 6.50. The van der Waals surface area contributed by atoms with Crippen LogP contribution in [-0.2, 0) is 0 Å². The van der Waals surface area contributed by atoms with Gasteiger partial charge in [-0.1, -0.05) is 6.08 Å². The molecule has 18 heavy (non-hydrogen) atoms. The molecule has 2 aliphatic heterocycles. The number of hydrogen-bond donors (Lipinski definition) is 0. The van der Waals surface area contributed by atoms with Gasteiger partial charge in [-0.25, -0.2) is 8.78 Å². The molecular formula is C14H24F2N2. The standard InChI is InChI=1S/C8H14FN.C6H10FN/c1-7(2)10-5-3-4-8(9)6-10;1-8-4-2-6(7)3-5-8/h4,7H,3,5-6H2,1-2H3;2H,3-5H2,1H3. The van der Waals surface area contributed by atoms with Crippen molar-refractivity contribution in [2.24, 2.45) is 0 Å². The van der Waals surface area contributed by atoms with E-state index in [0.717, 1.165) is 26.1 Å². The lowest BCUT2D eigenvalue weighted by molar-refractivity contribution is 0.218. The summed E-state index contributed by atoms with van der Waals surface area (Å²) in [7, 11) is 1.99. The Morgan fingerprint density at radius 2 is 1.83 bits per heavy atom. The molecule has 0 spiro atoms. The predicted molar refractivity (Wildman–Crippen MR) is 71.8 cm³/mol. The highest BCUT2D eigenvalue weighted by molar-refractivity contribution is 4.99. The lowest BCUT2D eigenvalue weighted by Gasteiger charge is -2.27. The molecule has 2 rings (SSSR count). The molecule has 0 radical (unpaired) electrons. The predicted octanol–water partition coefficient (Wildman–Crippen LogP) is 3.13. The molecule has 0 fully saturated rings. The van der Waals surface area contributed by atoms with Gasteiger partial charge in [0.1, 0.15) is 5.83 Å². The zero-order valence-electron chi connectivity index (χ0n) is 11.6. The summed E-state index contributed by atoms with van der Waals surface area (Å²) in [6, 6.07) is 0.472. The fourth-order valence-corrected chi connectivity index (χ4v) is 1.91. The molecule has 0 aromatic rings. The molecule has 0 bridgehead atoms. The first-order valence-corrected chi connectivity index (χ1v) is 6.60. The maximum Gasteiger partial charge on any atom is 0.110 e. The lowest BCUT2D eigenvalue weighted by atomic mass is 10.2. The van der Waals surface area contributed by atoms with Crippen LogP contribution in [0.25, 0.3) is 0 Å². The average molecular weight is 258 g/mol.